The van der Waals surface area contributed by atoms with Crippen molar-refractivity contribution in [3.63, 3.8) is 0 Å². The number of nitrogens with one attached hydrogen (secondary N) is 1. The van der Waals surface area contributed by atoms with Crippen LogP contribution in [0.2, 0.25) is 0 Å². The number of carbonyl (C=O) groups is 1. The molecule has 86 valence electrons. The maximum atomic E-state index is 11.8. The Morgan fingerprint density at radius 3 is 2.94 bits per heavy atom. The number of nitrogens with two attached hydrogens (primary N) is 1. The molecule has 0 aromatic carbocycles. The van der Waals surface area contributed by atoms with E-state index < -0.39 is 0 Å². The van der Waals surface area contributed by atoms with Gasteiger partial charge in [-0.05, 0) is 13.3 Å². The predicted molar refractivity (Wildman–Crippen MR) is 57.8 cm³/mol. The molecule has 2 heterocycles. The van der Waals surface area contributed by atoms with Gasteiger partial charge in [-0.25, -0.2) is 9.97 Å². The highest BCUT2D eigenvalue weighted by atomic mass is 16.5. The number of aromatic nitrogens is 2. The van der Waals surface area contributed by atoms with Gasteiger partial charge in [-0.3, -0.25) is 4.79 Å². The summed E-state index contributed by atoms with van der Waals surface area (Å²) >= 11 is 0. The first kappa shape index (κ1) is 10.8. The molecule has 0 aliphatic carbocycles. The van der Waals surface area contributed by atoms with Crippen LogP contribution < -0.4 is 11.1 Å². The second-order valence-electron chi connectivity index (χ2n) is 4.14. The van der Waals surface area contributed by atoms with E-state index in [9.17, 15) is 4.79 Å². The summed E-state index contributed by atoms with van der Waals surface area (Å²) in [6.45, 7) is 3.15. The van der Waals surface area contributed by atoms with E-state index in [0.29, 0.717) is 19.0 Å². The second-order valence-corrected chi connectivity index (χ2v) is 4.14. The number of hydrogen-bond acceptors (Lipinski definition) is 5. The van der Waals surface area contributed by atoms with Gasteiger partial charge in [-0.15, -0.1) is 0 Å². The average Bonchev–Trinajstić information content (AvgIpc) is 2.65. The van der Waals surface area contributed by atoms with Crippen molar-refractivity contribution in [3.8, 4) is 0 Å². The summed E-state index contributed by atoms with van der Waals surface area (Å²) < 4.78 is 5.25. The first-order chi connectivity index (χ1) is 7.59. The van der Waals surface area contributed by atoms with Crippen LogP contribution in [-0.4, -0.2) is 34.6 Å². The van der Waals surface area contributed by atoms with Crippen LogP contribution in [0, 0.1) is 0 Å². The molecule has 1 aromatic rings. The first-order valence-electron chi connectivity index (χ1n) is 5.07. The molecule has 0 bridgehead atoms. The van der Waals surface area contributed by atoms with Crippen LogP contribution in [0.4, 0.5) is 5.82 Å². The molecule has 3 N–H and O–H groups in total. The molecule has 0 spiro atoms. The third-order valence-electron chi connectivity index (χ3n) is 2.54. The van der Waals surface area contributed by atoms with Crippen molar-refractivity contribution in [1.29, 1.82) is 0 Å². The van der Waals surface area contributed by atoms with Crippen molar-refractivity contribution in [3.05, 3.63) is 18.1 Å². The fraction of sp³-hybridized carbons (Fsp3) is 0.500. The Morgan fingerprint density at radius 1 is 1.56 bits per heavy atom. The van der Waals surface area contributed by atoms with Crippen LogP contribution in [0.3, 0.4) is 0 Å². The van der Waals surface area contributed by atoms with Crippen LogP contribution in [0.5, 0.6) is 0 Å². The summed E-state index contributed by atoms with van der Waals surface area (Å²) in [6.07, 6.45) is 3.54. The molecule has 6 nitrogen and oxygen atoms in total. The van der Waals surface area contributed by atoms with Gasteiger partial charge in [0.05, 0.1) is 24.5 Å². The van der Waals surface area contributed by atoms with E-state index in [0.717, 1.165) is 6.42 Å². The monoisotopic (exact) mass is 222 g/mol. The van der Waals surface area contributed by atoms with Crippen LogP contribution in [0.1, 0.15) is 23.8 Å². The molecule has 0 saturated carbocycles. The Hall–Kier alpha value is -1.69. The van der Waals surface area contributed by atoms with Gasteiger partial charge in [-0.2, -0.15) is 0 Å². The van der Waals surface area contributed by atoms with Crippen LogP contribution in [-0.2, 0) is 4.74 Å². The van der Waals surface area contributed by atoms with Crippen molar-refractivity contribution in [2.45, 2.75) is 18.9 Å². The number of nitrogens with zero attached hydrogens (tertiary/aromatic N) is 2. The molecule has 1 aliphatic rings. The molecular formula is C10H14N4O2. The zero-order valence-corrected chi connectivity index (χ0v) is 9.06. The molecule has 0 radical (unpaired) electrons. The van der Waals surface area contributed by atoms with Gasteiger partial charge in [-0.1, -0.05) is 0 Å². The van der Waals surface area contributed by atoms with E-state index in [1.165, 1.54) is 12.4 Å². The summed E-state index contributed by atoms with van der Waals surface area (Å²) in [5, 5.41) is 2.88. The van der Waals surface area contributed by atoms with Gasteiger partial charge < -0.3 is 15.8 Å². The Labute approximate surface area is 93.2 Å². The number of carbonyl (C=O) groups excluding carboxylic acids is 1. The van der Waals surface area contributed by atoms with E-state index in [4.69, 9.17) is 10.5 Å². The lowest BCUT2D eigenvalue weighted by Gasteiger charge is -2.22. The summed E-state index contributed by atoms with van der Waals surface area (Å²) in [5.41, 5.74) is 5.35. The SMILES string of the molecule is CC1(NC(=O)c2cnc(N)cn2)CCOC1. The lowest BCUT2D eigenvalue weighted by Crippen LogP contribution is -2.46. The minimum Gasteiger partial charge on any atom is -0.382 e. The van der Waals surface area contributed by atoms with E-state index in [2.05, 4.69) is 15.3 Å². The van der Waals surface area contributed by atoms with Crippen LogP contribution in [0.15, 0.2) is 12.4 Å². The molecule has 1 amide bonds. The van der Waals surface area contributed by atoms with Gasteiger partial charge >= 0.3 is 0 Å². The highest BCUT2D eigenvalue weighted by Crippen LogP contribution is 2.17. The summed E-state index contributed by atoms with van der Waals surface area (Å²) in [4.78, 5) is 19.5. The van der Waals surface area contributed by atoms with Crippen molar-refractivity contribution in [2.75, 3.05) is 18.9 Å². The Bertz CT molecular complexity index is 384. The third-order valence-corrected chi connectivity index (χ3v) is 2.54. The van der Waals surface area contributed by atoms with Gasteiger partial charge in [0, 0.05) is 6.61 Å². The number of amides is 1. The van der Waals surface area contributed by atoms with E-state index in [-0.39, 0.29) is 17.1 Å². The number of nitrogen functional groups attached to an aromatic ring is 1. The highest BCUT2D eigenvalue weighted by Gasteiger charge is 2.31. The van der Waals surface area contributed by atoms with Crippen molar-refractivity contribution >= 4 is 11.7 Å². The van der Waals surface area contributed by atoms with Gasteiger partial charge in [0.2, 0.25) is 0 Å². The topological polar surface area (TPSA) is 90.1 Å². The number of rotatable bonds is 2. The molecule has 2 rings (SSSR count). The molecule has 1 aromatic heterocycles. The molecule has 1 unspecified atom stereocenters. The molecule has 1 saturated heterocycles. The molecule has 1 atom stereocenters. The molecular weight excluding hydrogens is 208 g/mol. The maximum absolute atomic E-state index is 11.8. The van der Waals surface area contributed by atoms with E-state index in [1.54, 1.807) is 0 Å². The Kier molecular flexibility index (Phi) is 2.74. The van der Waals surface area contributed by atoms with Crippen molar-refractivity contribution < 1.29 is 9.53 Å². The lowest BCUT2D eigenvalue weighted by atomic mass is 10.0. The normalized spacial score (nSPS) is 24.3. The highest BCUT2D eigenvalue weighted by molar-refractivity contribution is 5.92. The fourth-order valence-corrected chi connectivity index (χ4v) is 1.56. The van der Waals surface area contributed by atoms with Gasteiger partial charge in [0.25, 0.3) is 5.91 Å². The van der Waals surface area contributed by atoms with Gasteiger partial charge in [0.1, 0.15) is 11.5 Å². The van der Waals surface area contributed by atoms with E-state index >= 15 is 0 Å². The minimum atomic E-state index is -0.305. The zero-order valence-electron chi connectivity index (χ0n) is 9.06. The molecule has 6 heteroatoms. The fourth-order valence-electron chi connectivity index (χ4n) is 1.56. The maximum Gasteiger partial charge on any atom is 0.271 e. The Morgan fingerprint density at radius 2 is 2.38 bits per heavy atom. The lowest BCUT2D eigenvalue weighted by molar-refractivity contribution is 0.0884. The largest absolute Gasteiger partial charge is 0.382 e. The van der Waals surface area contributed by atoms with Crippen molar-refractivity contribution in [2.24, 2.45) is 0 Å². The molecule has 1 aliphatic heterocycles. The molecule has 16 heavy (non-hydrogen) atoms. The van der Waals surface area contributed by atoms with Gasteiger partial charge in [0.15, 0.2) is 0 Å². The Balaban J connectivity index is 2.05. The minimum absolute atomic E-state index is 0.250. The third kappa shape index (κ3) is 2.27. The number of anilines is 1. The zero-order chi connectivity index (χ0) is 11.6. The number of ether oxygens (including phenoxy) is 1. The standard InChI is InChI=1S/C10H14N4O2/c1-10(2-3-16-6-10)14-9(15)7-4-13-8(11)5-12-7/h4-5H,2-3,6H2,1H3,(H2,11,13)(H,14,15). The molecule has 1 fully saturated rings. The first-order valence-corrected chi connectivity index (χ1v) is 5.07. The number of hydrogen-bond donors (Lipinski definition) is 2. The smallest absolute Gasteiger partial charge is 0.271 e. The van der Waals surface area contributed by atoms with Crippen LogP contribution in [0.25, 0.3) is 0 Å². The summed E-state index contributed by atoms with van der Waals surface area (Å²) in [6, 6.07) is 0. The quantitative estimate of drug-likeness (QED) is 0.733. The average molecular weight is 222 g/mol. The summed E-state index contributed by atoms with van der Waals surface area (Å²) in [5.74, 6) is 0.0486. The summed E-state index contributed by atoms with van der Waals surface area (Å²) in [7, 11) is 0. The second kappa shape index (κ2) is 4.05. The predicted octanol–water partition coefficient (Wildman–Crippen LogP) is -0.0324. The van der Waals surface area contributed by atoms with E-state index in [1.807, 2.05) is 6.92 Å². The van der Waals surface area contributed by atoms with Crippen LogP contribution >= 0.6 is 0 Å². The van der Waals surface area contributed by atoms with Crippen molar-refractivity contribution in [1.82, 2.24) is 15.3 Å².